The molecule has 0 spiro atoms. The van der Waals surface area contributed by atoms with Gasteiger partial charge in [0.25, 0.3) is 0 Å². The number of hydrogen-bond acceptors (Lipinski definition) is 4. The highest BCUT2D eigenvalue weighted by atomic mass is 15.1. The molecule has 0 bridgehead atoms. The van der Waals surface area contributed by atoms with Crippen molar-refractivity contribution in [3.63, 3.8) is 0 Å². The number of fused-ring (bicyclic) bond motifs is 4. The average molecular weight is 540 g/mol. The van der Waals surface area contributed by atoms with Crippen molar-refractivity contribution in [2.45, 2.75) is 0 Å². The molecule has 0 saturated heterocycles. The minimum absolute atomic E-state index is 0.617. The molecular formula is C37H25N5. The van der Waals surface area contributed by atoms with Gasteiger partial charge in [0.05, 0.1) is 11.0 Å². The Kier molecular flexibility index (Phi) is 5.61. The van der Waals surface area contributed by atoms with Gasteiger partial charge in [0.15, 0.2) is 17.5 Å². The van der Waals surface area contributed by atoms with Gasteiger partial charge in [0, 0.05) is 29.3 Å². The lowest BCUT2D eigenvalue weighted by Crippen LogP contribution is -2.03. The number of hydrogen-bond donors (Lipinski definition) is 0. The van der Waals surface area contributed by atoms with Gasteiger partial charge in [-0.1, -0.05) is 121 Å². The standard InChI is InChI=1S/C37H25N5/c1-42-31-23-13-12-22-30(31)38-37(42)33-29-21-11-9-19-27(29)26-18-8-10-20-28(26)32(33)36-40-34(24-14-4-2-5-15-24)39-35(41-36)25-16-6-3-7-17-25/h2-23H,1H3. The second kappa shape index (κ2) is 9.75. The lowest BCUT2D eigenvalue weighted by atomic mass is 9.90. The van der Waals surface area contributed by atoms with Crippen LogP contribution in [0, 0.1) is 0 Å². The SMILES string of the molecule is Cn1c(-c2c(-c3nc(-c4ccccc4)nc(-c4ccccc4)n3)c3ccccc3c3ccccc23)nc2ccccc21. The fraction of sp³-hybridized carbons (Fsp3) is 0.0270. The summed E-state index contributed by atoms with van der Waals surface area (Å²) >= 11 is 0. The Morgan fingerprint density at radius 1 is 0.405 bits per heavy atom. The molecule has 8 rings (SSSR count). The molecule has 5 nitrogen and oxygen atoms in total. The first kappa shape index (κ1) is 24.1. The van der Waals surface area contributed by atoms with E-state index in [1.54, 1.807) is 0 Å². The third-order valence-electron chi connectivity index (χ3n) is 7.87. The Labute approximate surface area is 242 Å². The molecule has 2 aromatic heterocycles. The molecule has 0 amide bonds. The zero-order valence-electron chi connectivity index (χ0n) is 22.9. The first-order chi connectivity index (χ1) is 20.8. The summed E-state index contributed by atoms with van der Waals surface area (Å²) in [6, 6.07) is 45.5. The molecule has 0 aliphatic carbocycles. The van der Waals surface area contributed by atoms with Crippen LogP contribution in [0.15, 0.2) is 133 Å². The molecule has 2 heterocycles. The molecule has 0 aliphatic heterocycles. The van der Waals surface area contributed by atoms with E-state index in [4.69, 9.17) is 19.9 Å². The molecule has 42 heavy (non-hydrogen) atoms. The predicted octanol–water partition coefficient (Wildman–Crippen LogP) is 8.73. The Hall–Kier alpha value is -5.68. The van der Waals surface area contributed by atoms with Crippen molar-refractivity contribution in [2.24, 2.45) is 7.05 Å². The largest absolute Gasteiger partial charge is 0.327 e. The highest BCUT2D eigenvalue weighted by Gasteiger charge is 2.24. The van der Waals surface area contributed by atoms with Crippen molar-refractivity contribution >= 4 is 32.6 Å². The van der Waals surface area contributed by atoms with Crippen LogP contribution >= 0.6 is 0 Å². The molecule has 198 valence electrons. The van der Waals surface area contributed by atoms with Crippen molar-refractivity contribution in [1.82, 2.24) is 24.5 Å². The van der Waals surface area contributed by atoms with Gasteiger partial charge in [-0.05, 0) is 33.7 Å². The van der Waals surface area contributed by atoms with E-state index in [1.165, 1.54) is 5.39 Å². The molecular weight excluding hydrogens is 514 g/mol. The second-order valence-electron chi connectivity index (χ2n) is 10.4. The monoisotopic (exact) mass is 539 g/mol. The minimum atomic E-state index is 0.617. The van der Waals surface area contributed by atoms with Crippen LogP contribution in [-0.4, -0.2) is 24.5 Å². The smallest absolute Gasteiger partial charge is 0.165 e. The van der Waals surface area contributed by atoms with Crippen LogP contribution in [0.2, 0.25) is 0 Å². The lowest BCUT2D eigenvalue weighted by Gasteiger charge is -2.18. The zero-order chi connectivity index (χ0) is 28.0. The molecule has 0 aliphatic rings. The molecule has 0 unspecified atom stereocenters. The van der Waals surface area contributed by atoms with Gasteiger partial charge >= 0.3 is 0 Å². The van der Waals surface area contributed by atoms with Crippen LogP contribution < -0.4 is 0 Å². The van der Waals surface area contributed by atoms with Crippen LogP contribution in [0.4, 0.5) is 0 Å². The summed E-state index contributed by atoms with van der Waals surface area (Å²) in [5, 5.41) is 4.49. The van der Waals surface area contributed by atoms with Gasteiger partial charge in [-0.25, -0.2) is 19.9 Å². The molecule has 0 saturated carbocycles. The first-order valence-electron chi connectivity index (χ1n) is 14.0. The fourth-order valence-electron chi connectivity index (χ4n) is 5.90. The average Bonchev–Trinajstić information content (AvgIpc) is 3.40. The van der Waals surface area contributed by atoms with Crippen molar-refractivity contribution in [2.75, 3.05) is 0 Å². The number of para-hydroxylation sites is 2. The summed E-state index contributed by atoms with van der Waals surface area (Å²) in [7, 11) is 2.08. The molecule has 5 heteroatoms. The summed E-state index contributed by atoms with van der Waals surface area (Å²) in [6.07, 6.45) is 0. The van der Waals surface area contributed by atoms with E-state index >= 15 is 0 Å². The predicted molar refractivity (Wildman–Crippen MR) is 171 cm³/mol. The number of benzene rings is 6. The van der Waals surface area contributed by atoms with E-state index in [1.807, 2.05) is 66.7 Å². The summed E-state index contributed by atoms with van der Waals surface area (Å²) < 4.78 is 2.17. The third kappa shape index (κ3) is 3.86. The van der Waals surface area contributed by atoms with Gasteiger partial charge in [0.2, 0.25) is 0 Å². The highest BCUT2D eigenvalue weighted by molar-refractivity contribution is 6.20. The van der Waals surface area contributed by atoms with Gasteiger partial charge in [-0.15, -0.1) is 0 Å². The van der Waals surface area contributed by atoms with E-state index < -0.39 is 0 Å². The molecule has 0 fully saturated rings. The van der Waals surface area contributed by atoms with Crippen LogP contribution in [0.25, 0.3) is 78.1 Å². The number of rotatable bonds is 4. The second-order valence-corrected chi connectivity index (χ2v) is 10.4. The van der Waals surface area contributed by atoms with Crippen LogP contribution in [0.3, 0.4) is 0 Å². The summed E-state index contributed by atoms with van der Waals surface area (Å²) in [5.74, 6) is 2.75. The van der Waals surface area contributed by atoms with Crippen molar-refractivity contribution in [3.8, 4) is 45.6 Å². The van der Waals surface area contributed by atoms with E-state index in [0.29, 0.717) is 17.5 Å². The Bertz CT molecular complexity index is 2200. The third-order valence-corrected chi connectivity index (χ3v) is 7.87. The number of imidazole rings is 1. The van der Waals surface area contributed by atoms with Gasteiger partial charge in [-0.2, -0.15) is 0 Å². The Morgan fingerprint density at radius 2 is 0.857 bits per heavy atom. The number of nitrogens with zero attached hydrogens (tertiary/aromatic N) is 5. The van der Waals surface area contributed by atoms with Crippen molar-refractivity contribution < 1.29 is 0 Å². The van der Waals surface area contributed by atoms with E-state index in [9.17, 15) is 0 Å². The lowest BCUT2D eigenvalue weighted by molar-refractivity contribution is 0.960. The quantitative estimate of drug-likeness (QED) is 0.210. The normalized spacial score (nSPS) is 11.5. The van der Waals surface area contributed by atoms with Crippen molar-refractivity contribution in [1.29, 1.82) is 0 Å². The van der Waals surface area contributed by atoms with Gasteiger partial charge in [0.1, 0.15) is 5.82 Å². The van der Waals surface area contributed by atoms with E-state index in [-0.39, 0.29) is 0 Å². The van der Waals surface area contributed by atoms with Gasteiger partial charge in [-0.3, -0.25) is 0 Å². The molecule has 8 aromatic rings. The molecule has 6 aromatic carbocycles. The van der Waals surface area contributed by atoms with E-state index in [2.05, 4.69) is 78.3 Å². The number of aromatic nitrogens is 5. The zero-order valence-corrected chi connectivity index (χ0v) is 22.9. The van der Waals surface area contributed by atoms with E-state index in [0.717, 1.165) is 55.3 Å². The maximum atomic E-state index is 5.18. The molecule has 0 radical (unpaired) electrons. The maximum absolute atomic E-state index is 5.18. The number of aryl methyl sites for hydroxylation is 1. The van der Waals surface area contributed by atoms with Crippen molar-refractivity contribution in [3.05, 3.63) is 133 Å². The van der Waals surface area contributed by atoms with Crippen LogP contribution in [0.5, 0.6) is 0 Å². The Morgan fingerprint density at radius 3 is 1.43 bits per heavy atom. The highest BCUT2D eigenvalue weighted by Crippen LogP contribution is 2.44. The summed E-state index contributed by atoms with van der Waals surface area (Å²) in [6.45, 7) is 0. The first-order valence-corrected chi connectivity index (χ1v) is 14.0. The summed E-state index contributed by atoms with van der Waals surface area (Å²) in [4.78, 5) is 20.5. The van der Waals surface area contributed by atoms with Gasteiger partial charge < -0.3 is 4.57 Å². The fourth-order valence-corrected chi connectivity index (χ4v) is 5.90. The van der Waals surface area contributed by atoms with Crippen LogP contribution in [-0.2, 0) is 7.05 Å². The Balaban J connectivity index is 1.55. The molecule has 0 N–H and O–H groups in total. The maximum Gasteiger partial charge on any atom is 0.165 e. The van der Waals surface area contributed by atoms with Crippen LogP contribution in [0.1, 0.15) is 0 Å². The summed E-state index contributed by atoms with van der Waals surface area (Å²) in [5.41, 5.74) is 5.84. The molecule has 0 atom stereocenters. The topological polar surface area (TPSA) is 56.5 Å². The minimum Gasteiger partial charge on any atom is -0.327 e.